The van der Waals surface area contributed by atoms with Crippen molar-refractivity contribution in [2.45, 2.75) is 98.4 Å². The number of para-hydroxylation sites is 1. The number of aliphatic hydroxyl groups excluding tert-OH is 1. The molecule has 0 aliphatic carbocycles. The standard InChI is InChI=1S/C53H69ClN10O7S2/c1-34-12-11-13-40(54)46(34)61-50(68)42-31-56-52(73-42)59-43-29-44(58-36(3)57-43)63-22-20-62(21-23-63)19-9-7-8-10-24-70-25-26-71-33-45(66)60-48(53(4,5)6)51(69)64-32-39(65)28-41(64)49(67)55-30-37-14-16-38(17-15-37)47-35(2)18-27-72-47/h11-18,27,29,31,39,41,48,65H,7-10,19-26,28,30,32-33H2,1-6H3,(H,55,67)(H,60,66)(H,61,68)(H,56,57,58,59)/t39-,41+,48-/m1/s1. The number of aliphatic hydroxyl groups is 1. The Labute approximate surface area is 441 Å². The number of hydrogen-bond acceptors (Lipinski definition) is 15. The number of rotatable bonds is 23. The topological polar surface area (TPSA) is 203 Å². The van der Waals surface area contributed by atoms with Gasteiger partial charge >= 0.3 is 0 Å². The van der Waals surface area contributed by atoms with Gasteiger partial charge in [-0.2, -0.15) is 0 Å². The lowest BCUT2D eigenvalue weighted by Crippen LogP contribution is -2.58. The summed E-state index contributed by atoms with van der Waals surface area (Å²) in [6, 6.07) is 15.7. The number of thiazole rings is 1. The molecule has 7 rings (SSSR count). The lowest BCUT2D eigenvalue weighted by atomic mass is 9.85. The van der Waals surface area contributed by atoms with Crippen LogP contribution in [0.25, 0.3) is 10.4 Å². The van der Waals surface area contributed by atoms with Gasteiger partial charge in [-0.3, -0.25) is 24.1 Å². The highest BCUT2D eigenvalue weighted by molar-refractivity contribution is 7.17. The Bertz CT molecular complexity index is 2630. The van der Waals surface area contributed by atoms with E-state index in [2.05, 4.69) is 59.4 Å². The molecule has 0 unspecified atom stereocenters. The average Bonchev–Trinajstić information content (AvgIpc) is 4.12. The smallest absolute Gasteiger partial charge is 0.267 e. The second kappa shape index (κ2) is 26.1. The van der Waals surface area contributed by atoms with Gasteiger partial charge in [0.2, 0.25) is 17.7 Å². The minimum atomic E-state index is -0.940. The van der Waals surface area contributed by atoms with Gasteiger partial charge in [-0.25, -0.2) is 15.0 Å². The molecule has 3 aromatic heterocycles. The molecule has 4 amide bonds. The molecule has 17 nitrogen and oxygen atoms in total. The molecular weight excluding hydrogens is 988 g/mol. The fourth-order valence-corrected chi connectivity index (χ4v) is 10.8. The first-order valence-electron chi connectivity index (χ1n) is 25.0. The number of carbonyl (C=O) groups is 4. The number of aromatic nitrogens is 3. The van der Waals surface area contributed by atoms with Gasteiger partial charge in [0.1, 0.15) is 41.0 Å². The average molecular weight is 1060 g/mol. The lowest BCUT2D eigenvalue weighted by molar-refractivity contribution is -0.144. The lowest BCUT2D eigenvalue weighted by Gasteiger charge is -2.35. The Balaban J connectivity index is 0.735. The summed E-state index contributed by atoms with van der Waals surface area (Å²) in [4.78, 5) is 74.9. The number of piperazine rings is 1. The SMILES string of the molecule is Cc1nc(Nc2ncc(C(=O)Nc3c(C)cccc3Cl)s2)cc(N2CCN(CCCCCCOCCOCC(=O)N[C@H](C(=O)N3C[C@H](O)C[C@H]3C(=O)NCc3ccc(-c4sccc4C)cc3)C(C)(C)C)CC2)n1. The number of nitrogens with one attached hydrogen (secondary N) is 4. The van der Waals surface area contributed by atoms with Crippen LogP contribution in [0.2, 0.25) is 5.02 Å². The Morgan fingerprint density at radius 3 is 2.38 bits per heavy atom. The first-order valence-corrected chi connectivity index (χ1v) is 27.1. The minimum absolute atomic E-state index is 0.00191. The summed E-state index contributed by atoms with van der Waals surface area (Å²) in [5, 5.41) is 25.6. The summed E-state index contributed by atoms with van der Waals surface area (Å²) < 4.78 is 11.4. The molecule has 20 heteroatoms. The number of anilines is 4. The number of unbranched alkanes of at least 4 members (excludes halogenated alkanes) is 3. The molecular formula is C53H69ClN10O7S2. The molecule has 0 radical (unpaired) electrons. The first kappa shape index (κ1) is 55.2. The summed E-state index contributed by atoms with van der Waals surface area (Å²) in [6.45, 7) is 17.2. The number of carbonyl (C=O) groups excluding carboxylic acids is 4. The maximum atomic E-state index is 14.0. The molecule has 0 spiro atoms. The van der Waals surface area contributed by atoms with Gasteiger partial charge in [0.15, 0.2) is 5.13 Å². The maximum absolute atomic E-state index is 14.0. The normalized spacial score (nSPS) is 16.6. The van der Waals surface area contributed by atoms with Crippen molar-refractivity contribution in [1.82, 2.24) is 35.4 Å². The molecule has 2 saturated heterocycles. The largest absolute Gasteiger partial charge is 0.391 e. The minimum Gasteiger partial charge on any atom is -0.391 e. The van der Waals surface area contributed by atoms with E-state index in [4.69, 9.17) is 26.1 Å². The Kier molecular flexibility index (Phi) is 19.7. The van der Waals surface area contributed by atoms with E-state index in [0.29, 0.717) is 45.6 Å². The van der Waals surface area contributed by atoms with E-state index in [1.807, 2.05) is 77.1 Å². The molecule has 2 aliphatic rings. The van der Waals surface area contributed by atoms with Crippen molar-refractivity contribution in [3.05, 3.63) is 98.6 Å². The third-order valence-corrected chi connectivity index (χ3v) is 15.2. The van der Waals surface area contributed by atoms with Crippen LogP contribution in [0.1, 0.15) is 85.1 Å². The quantitative estimate of drug-likeness (QED) is 0.0398. The molecule has 5 heterocycles. The Morgan fingerprint density at radius 2 is 1.66 bits per heavy atom. The summed E-state index contributed by atoms with van der Waals surface area (Å²) in [5.41, 5.74) is 4.04. The van der Waals surface area contributed by atoms with Crippen LogP contribution in [-0.4, -0.2) is 137 Å². The van der Waals surface area contributed by atoms with Crippen LogP contribution in [0.15, 0.2) is 66.2 Å². The highest BCUT2D eigenvalue weighted by atomic mass is 35.5. The van der Waals surface area contributed by atoms with Crippen molar-refractivity contribution < 1.29 is 33.8 Å². The zero-order chi connectivity index (χ0) is 52.1. The van der Waals surface area contributed by atoms with E-state index >= 15 is 0 Å². The van der Waals surface area contributed by atoms with Crippen molar-refractivity contribution in [2.75, 3.05) is 81.2 Å². The molecule has 3 atom stereocenters. The second-order valence-electron chi connectivity index (χ2n) is 19.7. The highest BCUT2D eigenvalue weighted by Gasteiger charge is 2.44. The number of β-amino-alcohol motifs (C(OH)–C–C–N with tert-alkyl or cyclic N) is 1. The van der Waals surface area contributed by atoms with Crippen molar-refractivity contribution in [3.8, 4) is 10.4 Å². The highest BCUT2D eigenvalue weighted by Crippen LogP contribution is 2.31. The number of ether oxygens (including phenoxy) is 2. The molecule has 2 aromatic carbocycles. The third kappa shape index (κ3) is 15.7. The van der Waals surface area contributed by atoms with Crippen molar-refractivity contribution in [2.24, 2.45) is 5.41 Å². The molecule has 2 aliphatic heterocycles. The van der Waals surface area contributed by atoms with Gasteiger partial charge in [-0.15, -0.1) is 11.3 Å². The van der Waals surface area contributed by atoms with Crippen LogP contribution in [0.5, 0.6) is 0 Å². The van der Waals surface area contributed by atoms with Crippen LogP contribution < -0.4 is 26.2 Å². The molecule has 392 valence electrons. The number of aryl methyl sites for hydroxylation is 3. The fourth-order valence-electron chi connectivity index (χ4n) is 8.84. The van der Waals surface area contributed by atoms with Crippen LogP contribution in [0.4, 0.5) is 22.5 Å². The second-order valence-corrected chi connectivity index (χ2v) is 22.1. The number of hydrogen-bond donors (Lipinski definition) is 5. The summed E-state index contributed by atoms with van der Waals surface area (Å²) in [5.74, 6) is 0.611. The van der Waals surface area contributed by atoms with Crippen LogP contribution >= 0.6 is 34.3 Å². The first-order chi connectivity index (χ1) is 35.0. The predicted molar refractivity (Wildman–Crippen MR) is 289 cm³/mol. The van der Waals surface area contributed by atoms with E-state index in [1.165, 1.54) is 32.9 Å². The maximum Gasteiger partial charge on any atom is 0.267 e. The number of thiophene rings is 1. The molecule has 0 bridgehead atoms. The third-order valence-electron chi connectivity index (χ3n) is 12.9. The zero-order valence-corrected chi connectivity index (χ0v) is 45.1. The van der Waals surface area contributed by atoms with Crippen LogP contribution in [0, 0.1) is 26.2 Å². The Hall–Kier alpha value is -5.54. The number of halogens is 1. The van der Waals surface area contributed by atoms with Gasteiger partial charge in [0.05, 0.1) is 36.2 Å². The van der Waals surface area contributed by atoms with Crippen molar-refractivity contribution in [3.63, 3.8) is 0 Å². The van der Waals surface area contributed by atoms with Crippen LogP contribution in [0.3, 0.4) is 0 Å². The van der Waals surface area contributed by atoms with Crippen molar-refractivity contribution in [1.29, 1.82) is 0 Å². The van der Waals surface area contributed by atoms with E-state index in [9.17, 15) is 24.3 Å². The predicted octanol–water partition coefficient (Wildman–Crippen LogP) is 7.76. The summed E-state index contributed by atoms with van der Waals surface area (Å²) in [7, 11) is 0. The van der Waals surface area contributed by atoms with Crippen molar-refractivity contribution >= 4 is 80.4 Å². The van der Waals surface area contributed by atoms with E-state index in [-0.39, 0.29) is 44.5 Å². The Morgan fingerprint density at radius 1 is 0.904 bits per heavy atom. The molecule has 0 saturated carbocycles. The van der Waals surface area contributed by atoms with E-state index < -0.39 is 35.4 Å². The molecule has 5 N–H and O–H groups in total. The summed E-state index contributed by atoms with van der Waals surface area (Å²) in [6.07, 6.45) is 4.97. The number of likely N-dealkylation sites (tertiary alicyclic amines) is 1. The van der Waals surface area contributed by atoms with E-state index in [1.54, 1.807) is 17.4 Å². The monoisotopic (exact) mass is 1060 g/mol. The number of amides is 4. The fraction of sp³-hybridized carbons (Fsp3) is 0.491. The number of benzene rings is 2. The van der Waals surface area contributed by atoms with Gasteiger partial charge in [0, 0.05) is 63.2 Å². The number of nitrogens with zero attached hydrogens (tertiary/aromatic N) is 6. The van der Waals surface area contributed by atoms with Gasteiger partial charge < -0.3 is 45.6 Å². The van der Waals surface area contributed by atoms with Gasteiger partial charge in [-0.1, -0.05) is 92.9 Å². The van der Waals surface area contributed by atoms with Gasteiger partial charge in [-0.05, 0) is 85.3 Å². The van der Waals surface area contributed by atoms with E-state index in [0.717, 1.165) is 80.9 Å². The molecule has 2 fully saturated rings. The zero-order valence-electron chi connectivity index (χ0n) is 42.7. The van der Waals surface area contributed by atoms with Gasteiger partial charge in [0.25, 0.3) is 5.91 Å². The summed E-state index contributed by atoms with van der Waals surface area (Å²) >= 11 is 9.23. The molecule has 5 aromatic rings. The van der Waals surface area contributed by atoms with Crippen LogP contribution in [-0.2, 0) is 30.4 Å². The molecule has 73 heavy (non-hydrogen) atoms.